The summed E-state index contributed by atoms with van der Waals surface area (Å²) in [5.41, 5.74) is 1.85. The highest BCUT2D eigenvalue weighted by Gasteiger charge is 2.29. The number of aliphatic hydroxyl groups excluding tert-OH is 1. The highest BCUT2D eigenvalue weighted by atomic mass is 32.2. The monoisotopic (exact) mass is 394 g/mol. The molecule has 1 amide bonds. The minimum Gasteiger partial charge on any atom is -0.495 e. The first-order chi connectivity index (χ1) is 13.7. The lowest BCUT2D eigenvalue weighted by Crippen LogP contribution is -2.22. The van der Waals surface area contributed by atoms with Crippen molar-refractivity contribution < 1.29 is 9.90 Å². The fourth-order valence-electron chi connectivity index (χ4n) is 3.43. The SMILES string of the molecule is O=C(CC1S/C(=N\N=C2CCCCC2)N=C1O)Nc1cccc2ccccc12. The highest BCUT2D eigenvalue weighted by molar-refractivity contribution is 8.15. The molecule has 1 aliphatic heterocycles. The zero-order valence-corrected chi connectivity index (χ0v) is 16.3. The number of aliphatic hydroxyl groups is 1. The third-order valence-corrected chi connectivity index (χ3v) is 5.93. The van der Waals surface area contributed by atoms with Crippen molar-refractivity contribution in [2.24, 2.45) is 15.2 Å². The molecule has 6 nitrogen and oxygen atoms in total. The number of benzene rings is 2. The molecule has 0 radical (unpaired) electrons. The number of rotatable bonds is 4. The molecule has 2 aromatic rings. The van der Waals surface area contributed by atoms with Gasteiger partial charge in [0.05, 0.1) is 5.25 Å². The molecule has 1 saturated carbocycles. The van der Waals surface area contributed by atoms with Crippen LogP contribution in [0.5, 0.6) is 0 Å². The molecule has 1 atom stereocenters. The summed E-state index contributed by atoms with van der Waals surface area (Å²) in [6.07, 6.45) is 5.64. The average Bonchev–Trinajstić information content (AvgIpc) is 3.06. The minimum absolute atomic E-state index is 0.0688. The molecule has 1 fully saturated rings. The summed E-state index contributed by atoms with van der Waals surface area (Å²) in [6, 6.07) is 13.7. The van der Waals surface area contributed by atoms with E-state index in [1.165, 1.54) is 18.2 Å². The van der Waals surface area contributed by atoms with E-state index in [-0.39, 0.29) is 18.2 Å². The van der Waals surface area contributed by atoms with Crippen molar-refractivity contribution in [3.63, 3.8) is 0 Å². The van der Waals surface area contributed by atoms with Gasteiger partial charge in [-0.25, -0.2) is 0 Å². The normalized spacial score (nSPS) is 21.0. The van der Waals surface area contributed by atoms with Crippen LogP contribution in [0.25, 0.3) is 10.8 Å². The van der Waals surface area contributed by atoms with Gasteiger partial charge in [0.15, 0.2) is 0 Å². The quantitative estimate of drug-likeness (QED) is 0.722. The Morgan fingerprint density at radius 3 is 2.75 bits per heavy atom. The van der Waals surface area contributed by atoms with Crippen LogP contribution in [0.3, 0.4) is 0 Å². The van der Waals surface area contributed by atoms with Crippen molar-refractivity contribution in [3.8, 4) is 0 Å². The number of aliphatic imine (C=N–C) groups is 1. The molecule has 0 spiro atoms. The third-order valence-electron chi connectivity index (χ3n) is 4.89. The molecule has 1 heterocycles. The van der Waals surface area contributed by atoms with Gasteiger partial charge >= 0.3 is 0 Å². The van der Waals surface area contributed by atoms with Gasteiger partial charge < -0.3 is 10.4 Å². The van der Waals surface area contributed by atoms with Gasteiger partial charge in [0.25, 0.3) is 0 Å². The van der Waals surface area contributed by atoms with Crippen LogP contribution >= 0.6 is 11.8 Å². The van der Waals surface area contributed by atoms with Crippen LogP contribution in [0.2, 0.25) is 0 Å². The summed E-state index contributed by atoms with van der Waals surface area (Å²) >= 11 is 1.28. The molecule has 7 heteroatoms. The number of nitrogens with one attached hydrogen (secondary N) is 1. The zero-order valence-electron chi connectivity index (χ0n) is 15.5. The van der Waals surface area contributed by atoms with Crippen molar-refractivity contribution in [1.29, 1.82) is 0 Å². The fourth-order valence-corrected chi connectivity index (χ4v) is 4.31. The van der Waals surface area contributed by atoms with Crippen LogP contribution in [0.1, 0.15) is 38.5 Å². The summed E-state index contributed by atoms with van der Waals surface area (Å²) < 4.78 is 0. The van der Waals surface area contributed by atoms with Gasteiger partial charge in [-0.2, -0.15) is 10.1 Å². The summed E-state index contributed by atoms with van der Waals surface area (Å²) in [5, 5.41) is 23.5. The number of amidine groups is 1. The average molecular weight is 395 g/mol. The van der Waals surface area contributed by atoms with Crippen LogP contribution in [-0.4, -0.2) is 33.0 Å². The first-order valence-electron chi connectivity index (χ1n) is 9.54. The van der Waals surface area contributed by atoms with E-state index >= 15 is 0 Å². The molecule has 144 valence electrons. The third kappa shape index (κ3) is 4.42. The number of hydrogen-bond donors (Lipinski definition) is 2. The van der Waals surface area contributed by atoms with Crippen molar-refractivity contribution in [3.05, 3.63) is 42.5 Å². The Hall–Kier alpha value is -2.67. The van der Waals surface area contributed by atoms with E-state index in [0.29, 0.717) is 5.17 Å². The maximum atomic E-state index is 12.5. The molecule has 2 N–H and O–H groups in total. The number of carbonyl (C=O) groups is 1. The van der Waals surface area contributed by atoms with E-state index in [1.807, 2.05) is 42.5 Å². The lowest BCUT2D eigenvalue weighted by molar-refractivity contribution is -0.116. The molecular weight excluding hydrogens is 372 g/mol. The lowest BCUT2D eigenvalue weighted by atomic mass is 9.99. The van der Waals surface area contributed by atoms with Crippen LogP contribution < -0.4 is 5.32 Å². The highest BCUT2D eigenvalue weighted by Crippen LogP contribution is 2.28. The second kappa shape index (κ2) is 8.56. The van der Waals surface area contributed by atoms with Crippen molar-refractivity contribution in [2.45, 2.75) is 43.8 Å². The molecule has 2 aliphatic rings. The molecule has 1 aliphatic carbocycles. The molecule has 0 aromatic heterocycles. The standard InChI is InChI=1S/C21H22N4O2S/c26-19(22-17-12-6-8-14-7-4-5-11-16(14)17)13-18-20(27)23-21(28-18)25-24-15-9-2-1-3-10-15/h4-8,11-12,18H,1-3,9-10,13H2,(H,22,26)(H,23,25,27). The van der Waals surface area contributed by atoms with Crippen LogP contribution in [-0.2, 0) is 4.79 Å². The van der Waals surface area contributed by atoms with Crippen molar-refractivity contribution in [2.75, 3.05) is 5.32 Å². The molecule has 1 unspecified atom stereocenters. The van der Waals surface area contributed by atoms with Gasteiger partial charge in [-0.3, -0.25) is 4.79 Å². The number of carbonyl (C=O) groups excluding carboxylic acids is 1. The summed E-state index contributed by atoms with van der Waals surface area (Å²) in [5.74, 6) is -0.240. The zero-order chi connectivity index (χ0) is 19.3. The minimum atomic E-state index is -0.430. The Morgan fingerprint density at radius 1 is 1.11 bits per heavy atom. The van der Waals surface area contributed by atoms with Crippen molar-refractivity contribution >= 4 is 50.9 Å². The number of nitrogens with zero attached hydrogens (tertiary/aromatic N) is 3. The van der Waals surface area contributed by atoms with E-state index < -0.39 is 5.25 Å². The van der Waals surface area contributed by atoms with Crippen LogP contribution in [0, 0.1) is 0 Å². The lowest BCUT2D eigenvalue weighted by Gasteiger charge is -2.11. The molecule has 0 bridgehead atoms. The molecular formula is C21H22N4O2S. The maximum Gasteiger partial charge on any atom is 0.226 e. The van der Waals surface area contributed by atoms with E-state index in [1.54, 1.807) is 0 Å². The largest absolute Gasteiger partial charge is 0.495 e. The Kier molecular flexibility index (Phi) is 5.71. The Balaban J connectivity index is 1.39. The van der Waals surface area contributed by atoms with E-state index in [4.69, 9.17) is 0 Å². The van der Waals surface area contributed by atoms with Gasteiger partial charge in [0, 0.05) is 23.2 Å². The number of hydrogen-bond acceptors (Lipinski definition) is 4. The molecule has 0 saturated heterocycles. The Bertz CT molecular complexity index is 970. The predicted octanol–water partition coefficient (Wildman–Crippen LogP) is 4.92. The number of anilines is 1. The van der Waals surface area contributed by atoms with Crippen LogP contribution in [0.4, 0.5) is 5.69 Å². The van der Waals surface area contributed by atoms with Crippen LogP contribution in [0.15, 0.2) is 57.7 Å². The molecule has 28 heavy (non-hydrogen) atoms. The van der Waals surface area contributed by atoms with Crippen molar-refractivity contribution in [1.82, 2.24) is 0 Å². The van der Waals surface area contributed by atoms with Gasteiger partial charge in [-0.1, -0.05) is 54.6 Å². The summed E-state index contributed by atoms with van der Waals surface area (Å²) in [7, 11) is 0. The maximum absolute atomic E-state index is 12.5. The van der Waals surface area contributed by atoms with Gasteiger partial charge in [-0.15, -0.1) is 5.10 Å². The topological polar surface area (TPSA) is 86.4 Å². The fraction of sp³-hybridized carbons (Fsp3) is 0.333. The first-order valence-corrected chi connectivity index (χ1v) is 10.4. The Morgan fingerprint density at radius 2 is 1.89 bits per heavy atom. The number of fused-ring (bicyclic) bond motifs is 1. The van der Waals surface area contributed by atoms with Gasteiger partial charge in [0.2, 0.25) is 17.0 Å². The number of thioether (sulfide) groups is 1. The first kappa shape index (κ1) is 18.7. The Labute approximate surface area is 167 Å². The van der Waals surface area contributed by atoms with E-state index in [0.717, 1.165) is 47.9 Å². The molecule has 4 rings (SSSR count). The summed E-state index contributed by atoms with van der Waals surface area (Å²) in [6.45, 7) is 0. The van der Waals surface area contributed by atoms with E-state index in [2.05, 4.69) is 20.5 Å². The molecule has 2 aromatic carbocycles. The van der Waals surface area contributed by atoms with Gasteiger partial charge in [-0.05, 0) is 37.1 Å². The van der Waals surface area contributed by atoms with Gasteiger partial charge in [0.1, 0.15) is 0 Å². The second-order valence-corrected chi connectivity index (χ2v) is 8.13. The van der Waals surface area contributed by atoms with E-state index in [9.17, 15) is 9.90 Å². The second-order valence-electron chi connectivity index (χ2n) is 6.96. The smallest absolute Gasteiger partial charge is 0.226 e. The predicted molar refractivity (Wildman–Crippen MR) is 117 cm³/mol. The summed E-state index contributed by atoms with van der Waals surface area (Å²) in [4.78, 5) is 16.6. The number of amides is 1.